The summed E-state index contributed by atoms with van der Waals surface area (Å²) in [6.07, 6.45) is 18.3. The van der Waals surface area contributed by atoms with E-state index in [0.29, 0.717) is 19.8 Å². The standard InChI is InChI=1S/C34H50B2O4/c1-4-6-8-10-12-14-20-34(21-15-13-11-9-7-5-2)32-24-28(35-37-22-23-38-35)16-18-30(32)31-19-17-29(25-33(31)34)36-39-26-27(3)40-36/h16-19,24-25,27H,4-15,20-23,26H2,1-3H3. The summed E-state index contributed by atoms with van der Waals surface area (Å²) in [5.74, 6) is 0. The topological polar surface area (TPSA) is 36.9 Å². The summed E-state index contributed by atoms with van der Waals surface area (Å²) < 4.78 is 24.1. The summed E-state index contributed by atoms with van der Waals surface area (Å²) in [6.45, 7) is 8.70. The van der Waals surface area contributed by atoms with Crippen molar-refractivity contribution in [2.75, 3.05) is 19.8 Å². The summed E-state index contributed by atoms with van der Waals surface area (Å²) in [6, 6.07) is 14.0. The number of hydrogen-bond acceptors (Lipinski definition) is 4. The summed E-state index contributed by atoms with van der Waals surface area (Å²) in [5.41, 5.74) is 8.09. The lowest BCUT2D eigenvalue weighted by molar-refractivity contribution is 0.258. The molecule has 0 spiro atoms. The highest BCUT2D eigenvalue weighted by Crippen LogP contribution is 2.53. The van der Waals surface area contributed by atoms with E-state index in [2.05, 4.69) is 57.2 Å². The van der Waals surface area contributed by atoms with Crippen LogP contribution in [-0.4, -0.2) is 40.2 Å². The highest BCUT2D eigenvalue weighted by atomic mass is 16.6. The first-order valence-corrected chi connectivity index (χ1v) is 16.5. The molecule has 2 aliphatic heterocycles. The molecule has 5 rings (SSSR count). The maximum absolute atomic E-state index is 6.16. The molecule has 2 aromatic carbocycles. The van der Waals surface area contributed by atoms with Gasteiger partial charge in [0.25, 0.3) is 0 Å². The molecular formula is C34H50B2O4. The van der Waals surface area contributed by atoms with Crippen LogP contribution in [0.1, 0.15) is 122 Å². The number of hydrogen-bond donors (Lipinski definition) is 0. The van der Waals surface area contributed by atoms with Gasteiger partial charge in [-0.15, -0.1) is 0 Å². The van der Waals surface area contributed by atoms with Crippen LogP contribution in [0.2, 0.25) is 0 Å². The maximum Gasteiger partial charge on any atom is 0.494 e. The number of rotatable bonds is 16. The Morgan fingerprint density at radius 2 is 1.15 bits per heavy atom. The van der Waals surface area contributed by atoms with E-state index < -0.39 is 0 Å². The van der Waals surface area contributed by atoms with Gasteiger partial charge in [-0.3, -0.25) is 0 Å². The predicted octanol–water partition coefficient (Wildman–Crippen LogP) is 7.33. The molecule has 0 aromatic heterocycles. The normalized spacial score (nSPS) is 19.4. The molecule has 0 N–H and O–H groups in total. The molecular weight excluding hydrogens is 494 g/mol. The Morgan fingerprint density at radius 1 is 0.650 bits per heavy atom. The van der Waals surface area contributed by atoms with Crippen molar-refractivity contribution in [1.82, 2.24) is 0 Å². The zero-order valence-electron chi connectivity index (χ0n) is 25.3. The second-order valence-electron chi connectivity index (χ2n) is 12.4. The zero-order valence-corrected chi connectivity index (χ0v) is 25.3. The van der Waals surface area contributed by atoms with Gasteiger partial charge in [0.2, 0.25) is 0 Å². The van der Waals surface area contributed by atoms with Crippen molar-refractivity contribution < 1.29 is 18.6 Å². The minimum absolute atomic E-state index is 0.00895. The Bertz CT molecular complexity index is 1070. The summed E-state index contributed by atoms with van der Waals surface area (Å²) in [7, 11) is -0.507. The van der Waals surface area contributed by atoms with Gasteiger partial charge in [-0.1, -0.05) is 127 Å². The van der Waals surface area contributed by atoms with Crippen LogP contribution >= 0.6 is 0 Å². The molecule has 40 heavy (non-hydrogen) atoms. The molecule has 2 heterocycles. The minimum Gasteiger partial charge on any atom is -0.405 e. The van der Waals surface area contributed by atoms with Crippen LogP contribution in [-0.2, 0) is 24.0 Å². The molecule has 2 aromatic rings. The Hall–Kier alpha value is -1.59. The van der Waals surface area contributed by atoms with E-state index in [1.807, 2.05) is 0 Å². The predicted molar refractivity (Wildman–Crippen MR) is 168 cm³/mol. The SMILES string of the molecule is CCCCCCCCC1(CCCCCCCC)c2cc(B3OCCO3)ccc2-c2ccc(B3OCC(C)O3)cc21. The van der Waals surface area contributed by atoms with Crippen LogP contribution in [0.5, 0.6) is 0 Å². The molecule has 2 saturated heterocycles. The number of benzene rings is 2. The van der Waals surface area contributed by atoms with E-state index in [1.165, 1.54) is 112 Å². The summed E-state index contributed by atoms with van der Waals surface area (Å²) in [4.78, 5) is 0. The van der Waals surface area contributed by atoms with E-state index in [9.17, 15) is 0 Å². The van der Waals surface area contributed by atoms with Gasteiger partial charge >= 0.3 is 14.2 Å². The Balaban J connectivity index is 1.49. The smallest absolute Gasteiger partial charge is 0.405 e. The second-order valence-corrected chi connectivity index (χ2v) is 12.4. The van der Waals surface area contributed by atoms with Gasteiger partial charge in [-0.05, 0) is 52.9 Å². The molecule has 1 unspecified atom stereocenters. The van der Waals surface area contributed by atoms with E-state index >= 15 is 0 Å². The van der Waals surface area contributed by atoms with Crippen molar-refractivity contribution in [3.8, 4) is 11.1 Å². The van der Waals surface area contributed by atoms with E-state index in [-0.39, 0.29) is 25.8 Å². The van der Waals surface area contributed by atoms with Gasteiger partial charge in [0.1, 0.15) is 0 Å². The van der Waals surface area contributed by atoms with Crippen molar-refractivity contribution in [2.24, 2.45) is 0 Å². The van der Waals surface area contributed by atoms with E-state index in [4.69, 9.17) is 18.6 Å². The first kappa shape index (κ1) is 29.9. The van der Waals surface area contributed by atoms with Crippen LogP contribution < -0.4 is 10.9 Å². The molecule has 216 valence electrons. The molecule has 0 saturated carbocycles. The zero-order chi connectivity index (χ0) is 27.8. The number of fused-ring (bicyclic) bond motifs is 3. The molecule has 6 heteroatoms. The maximum atomic E-state index is 6.16. The monoisotopic (exact) mass is 544 g/mol. The highest BCUT2D eigenvalue weighted by molar-refractivity contribution is 6.62. The molecule has 1 aliphatic carbocycles. The summed E-state index contributed by atoms with van der Waals surface area (Å²) in [5, 5.41) is 0. The fraction of sp³-hybridized carbons (Fsp3) is 0.647. The summed E-state index contributed by atoms with van der Waals surface area (Å²) >= 11 is 0. The largest absolute Gasteiger partial charge is 0.494 e. The molecule has 0 bridgehead atoms. The third kappa shape index (κ3) is 6.72. The van der Waals surface area contributed by atoms with Crippen molar-refractivity contribution in [3.63, 3.8) is 0 Å². The molecule has 1 atom stereocenters. The quantitative estimate of drug-likeness (QED) is 0.164. The van der Waals surface area contributed by atoms with Gasteiger partial charge < -0.3 is 18.6 Å². The van der Waals surface area contributed by atoms with Crippen LogP contribution in [0, 0.1) is 0 Å². The Labute approximate surface area is 244 Å². The lowest BCUT2D eigenvalue weighted by Gasteiger charge is -2.33. The van der Waals surface area contributed by atoms with Crippen LogP contribution in [0.3, 0.4) is 0 Å². The fourth-order valence-electron chi connectivity index (χ4n) is 7.14. The lowest BCUT2D eigenvalue weighted by atomic mass is 9.67. The van der Waals surface area contributed by atoms with Crippen molar-refractivity contribution >= 4 is 25.2 Å². The van der Waals surface area contributed by atoms with Crippen LogP contribution in [0.15, 0.2) is 36.4 Å². The van der Waals surface area contributed by atoms with Gasteiger partial charge in [0.05, 0.1) is 25.9 Å². The molecule has 4 nitrogen and oxygen atoms in total. The van der Waals surface area contributed by atoms with E-state index in [1.54, 1.807) is 0 Å². The Kier molecular flexibility index (Phi) is 10.9. The number of unbranched alkanes of at least 4 members (excludes halogenated alkanes) is 10. The average molecular weight is 544 g/mol. The molecule has 0 radical (unpaired) electrons. The first-order chi connectivity index (χ1) is 19.7. The first-order valence-electron chi connectivity index (χ1n) is 16.5. The Morgan fingerprint density at radius 3 is 1.65 bits per heavy atom. The van der Waals surface area contributed by atoms with Crippen molar-refractivity contribution in [2.45, 2.75) is 122 Å². The molecule has 0 amide bonds. The van der Waals surface area contributed by atoms with E-state index in [0.717, 1.165) is 10.9 Å². The molecule has 2 fully saturated rings. The van der Waals surface area contributed by atoms with Crippen LogP contribution in [0.25, 0.3) is 11.1 Å². The van der Waals surface area contributed by atoms with Gasteiger partial charge in [-0.25, -0.2) is 0 Å². The van der Waals surface area contributed by atoms with Crippen molar-refractivity contribution in [3.05, 3.63) is 47.5 Å². The van der Waals surface area contributed by atoms with Gasteiger partial charge in [-0.2, -0.15) is 0 Å². The van der Waals surface area contributed by atoms with Crippen LogP contribution in [0.4, 0.5) is 0 Å². The van der Waals surface area contributed by atoms with Gasteiger partial charge in [0, 0.05) is 5.41 Å². The third-order valence-corrected chi connectivity index (χ3v) is 9.33. The second kappa shape index (κ2) is 14.5. The average Bonchev–Trinajstić information content (AvgIpc) is 3.72. The van der Waals surface area contributed by atoms with Crippen molar-refractivity contribution in [1.29, 1.82) is 0 Å². The third-order valence-electron chi connectivity index (χ3n) is 9.33. The van der Waals surface area contributed by atoms with Gasteiger partial charge in [0.15, 0.2) is 0 Å². The molecule has 3 aliphatic rings. The lowest BCUT2D eigenvalue weighted by Crippen LogP contribution is -2.35. The highest BCUT2D eigenvalue weighted by Gasteiger charge is 2.44. The minimum atomic E-state index is -0.263. The fourth-order valence-corrected chi connectivity index (χ4v) is 7.14.